The molecule has 4 heteroatoms. The molecule has 0 aromatic heterocycles. The van der Waals surface area contributed by atoms with Crippen LogP contribution in [0.5, 0.6) is 0 Å². The molecule has 0 bridgehead atoms. The number of aliphatic hydroxyl groups is 1. The van der Waals surface area contributed by atoms with Gasteiger partial charge in [-0.3, -0.25) is 0 Å². The van der Waals surface area contributed by atoms with Crippen molar-refractivity contribution in [3.8, 4) is 0 Å². The molecule has 0 aliphatic carbocycles. The summed E-state index contributed by atoms with van der Waals surface area (Å²) in [6.45, 7) is 5.61. The van der Waals surface area contributed by atoms with Gasteiger partial charge >= 0.3 is 0 Å². The Bertz CT molecular complexity index is 398. The zero-order valence-corrected chi connectivity index (χ0v) is 12.9. The Kier molecular flexibility index (Phi) is 7.13. The van der Waals surface area contributed by atoms with Gasteiger partial charge in [-0.1, -0.05) is 25.1 Å². The third kappa shape index (κ3) is 5.19. The lowest BCUT2D eigenvalue weighted by atomic mass is 9.93. The predicted molar refractivity (Wildman–Crippen MR) is 81.2 cm³/mol. The molecule has 2 N–H and O–H groups in total. The summed E-state index contributed by atoms with van der Waals surface area (Å²) in [5, 5.41) is 12.5. The maximum absolute atomic E-state index is 13.9. The summed E-state index contributed by atoms with van der Waals surface area (Å²) in [6.07, 6.45) is 0.479. The fraction of sp³-hybridized carbons (Fsp3) is 0.625. The minimum absolute atomic E-state index is 0.00907. The minimum atomic E-state index is -0.278. The zero-order valence-electron chi connectivity index (χ0n) is 12.9. The van der Waals surface area contributed by atoms with Crippen LogP contribution >= 0.6 is 0 Å². The smallest absolute Gasteiger partial charge is 0.127 e. The first kappa shape index (κ1) is 17.1. The lowest BCUT2D eigenvalue weighted by Crippen LogP contribution is -2.34. The van der Waals surface area contributed by atoms with E-state index < -0.39 is 0 Å². The highest BCUT2D eigenvalue weighted by Gasteiger charge is 2.21. The number of halogens is 1. The Balaban J connectivity index is 2.63. The van der Waals surface area contributed by atoms with Crippen molar-refractivity contribution in [2.45, 2.75) is 32.4 Å². The average molecular weight is 282 g/mol. The second-order valence-electron chi connectivity index (χ2n) is 5.67. The first-order chi connectivity index (χ1) is 9.45. The van der Waals surface area contributed by atoms with Crippen molar-refractivity contribution in [1.29, 1.82) is 0 Å². The largest absolute Gasteiger partial charge is 0.393 e. The molecule has 114 valence electrons. The summed E-state index contributed by atoms with van der Waals surface area (Å²) < 4.78 is 13.9. The van der Waals surface area contributed by atoms with Crippen LogP contribution in [0.4, 0.5) is 4.39 Å². The number of aliphatic hydroxyl groups excluding tert-OH is 1. The Hall–Kier alpha value is -0.970. The monoisotopic (exact) mass is 282 g/mol. The number of nitrogens with one attached hydrogen (secondary N) is 1. The van der Waals surface area contributed by atoms with E-state index in [4.69, 9.17) is 0 Å². The molecular weight excluding hydrogens is 255 g/mol. The third-order valence-electron chi connectivity index (χ3n) is 3.65. The van der Waals surface area contributed by atoms with Crippen molar-refractivity contribution in [3.05, 3.63) is 35.6 Å². The van der Waals surface area contributed by atoms with Gasteiger partial charge in [-0.15, -0.1) is 0 Å². The van der Waals surface area contributed by atoms with E-state index in [1.807, 2.05) is 26.2 Å². The Morgan fingerprint density at radius 3 is 2.50 bits per heavy atom. The fourth-order valence-electron chi connectivity index (χ4n) is 2.57. The van der Waals surface area contributed by atoms with Crippen molar-refractivity contribution in [3.63, 3.8) is 0 Å². The van der Waals surface area contributed by atoms with Gasteiger partial charge in [-0.05, 0) is 39.4 Å². The molecule has 1 aromatic carbocycles. The first-order valence-electron chi connectivity index (χ1n) is 7.24. The highest BCUT2D eigenvalue weighted by atomic mass is 19.1. The van der Waals surface area contributed by atoms with Gasteiger partial charge in [0.05, 0.1) is 6.10 Å². The molecule has 1 aromatic rings. The molecule has 20 heavy (non-hydrogen) atoms. The Morgan fingerprint density at radius 1 is 1.30 bits per heavy atom. The maximum Gasteiger partial charge on any atom is 0.127 e. The van der Waals surface area contributed by atoms with Crippen LogP contribution < -0.4 is 5.32 Å². The van der Waals surface area contributed by atoms with Crippen molar-refractivity contribution in [2.24, 2.45) is 5.92 Å². The van der Waals surface area contributed by atoms with Crippen molar-refractivity contribution in [2.75, 3.05) is 27.2 Å². The molecule has 0 amide bonds. The summed E-state index contributed by atoms with van der Waals surface area (Å²) in [7, 11) is 3.90. The Morgan fingerprint density at radius 2 is 1.95 bits per heavy atom. The van der Waals surface area contributed by atoms with Gasteiger partial charge in [0.25, 0.3) is 0 Å². The molecule has 0 aliphatic rings. The van der Waals surface area contributed by atoms with Gasteiger partial charge in [-0.2, -0.15) is 0 Å². The standard InChI is InChI=1S/C16H27FN2O/c1-12(11-19(4)10-9-13(2)20)16(18-3)14-7-5-6-8-15(14)17/h5-8,12-13,16,18,20H,9-11H2,1-4H3. The van der Waals surface area contributed by atoms with E-state index in [0.717, 1.165) is 19.5 Å². The minimum Gasteiger partial charge on any atom is -0.393 e. The summed E-state index contributed by atoms with van der Waals surface area (Å²) in [5.74, 6) is 0.112. The van der Waals surface area contributed by atoms with Gasteiger partial charge in [0.1, 0.15) is 5.82 Å². The second-order valence-corrected chi connectivity index (χ2v) is 5.67. The summed E-state index contributed by atoms with van der Waals surface area (Å²) in [5.41, 5.74) is 0.714. The third-order valence-corrected chi connectivity index (χ3v) is 3.65. The fourth-order valence-corrected chi connectivity index (χ4v) is 2.57. The van der Waals surface area contributed by atoms with E-state index in [-0.39, 0.29) is 23.9 Å². The highest BCUT2D eigenvalue weighted by Crippen LogP contribution is 2.24. The number of hydrogen-bond acceptors (Lipinski definition) is 3. The molecule has 0 fully saturated rings. The van der Waals surface area contributed by atoms with E-state index in [9.17, 15) is 9.50 Å². The number of hydrogen-bond donors (Lipinski definition) is 2. The van der Waals surface area contributed by atoms with Gasteiger partial charge in [-0.25, -0.2) is 4.39 Å². The number of nitrogens with zero attached hydrogens (tertiary/aromatic N) is 1. The maximum atomic E-state index is 13.9. The van der Waals surface area contributed by atoms with Gasteiger partial charge in [0.15, 0.2) is 0 Å². The molecule has 0 spiro atoms. The van der Waals surface area contributed by atoms with Crippen molar-refractivity contribution < 1.29 is 9.50 Å². The number of rotatable bonds is 8. The van der Waals surface area contributed by atoms with E-state index in [0.29, 0.717) is 5.56 Å². The first-order valence-corrected chi connectivity index (χ1v) is 7.24. The van der Waals surface area contributed by atoms with Crippen LogP contribution in [0.25, 0.3) is 0 Å². The SMILES string of the molecule is CNC(c1ccccc1F)C(C)CN(C)CCC(C)O. The molecule has 3 nitrogen and oxygen atoms in total. The predicted octanol–water partition coefficient (Wildman–Crippen LogP) is 2.43. The lowest BCUT2D eigenvalue weighted by Gasteiger charge is -2.28. The van der Waals surface area contributed by atoms with E-state index in [1.54, 1.807) is 13.0 Å². The normalized spacial score (nSPS) is 16.1. The Labute approximate surface area is 121 Å². The van der Waals surface area contributed by atoms with Crippen LogP contribution in [0, 0.1) is 11.7 Å². The summed E-state index contributed by atoms with van der Waals surface area (Å²) in [6, 6.07) is 6.91. The molecule has 0 heterocycles. The molecule has 0 saturated carbocycles. The van der Waals surface area contributed by atoms with Gasteiger partial charge in [0, 0.05) is 24.7 Å². The lowest BCUT2D eigenvalue weighted by molar-refractivity contribution is 0.156. The van der Waals surface area contributed by atoms with Crippen LogP contribution in [0.3, 0.4) is 0 Å². The van der Waals surface area contributed by atoms with E-state index in [1.165, 1.54) is 6.07 Å². The van der Waals surface area contributed by atoms with Crippen molar-refractivity contribution in [1.82, 2.24) is 10.2 Å². The molecule has 3 atom stereocenters. The summed E-state index contributed by atoms with van der Waals surface area (Å²) >= 11 is 0. The number of benzene rings is 1. The quantitative estimate of drug-likeness (QED) is 0.768. The molecule has 0 radical (unpaired) electrons. The average Bonchev–Trinajstić information content (AvgIpc) is 2.39. The molecule has 3 unspecified atom stereocenters. The molecule has 0 aliphatic heterocycles. The van der Waals surface area contributed by atoms with Gasteiger partial charge < -0.3 is 15.3 Å². The molecule has 0 saturated heterocycles. The topological polar surface area (TPSA) is 35.5 Å². The van der Waals surface area contributed by atoms with Gasteiger partial charge in [0.2, 0.25) is 0 Å². The van der Waals surface area contributed by atoms with Crippen LogP contribution in [0.15, 0.2) is 24.3 Å². The van der Waals surface area contributed by atoms with Crippen LogP contribution in [-0.4, -0.2) is 43.3 Å². The molecule has 1 rings (SSSR count). The van der Waals surface area contributed by atoms with Crippen molar-refractivity contribution >= 4 is 0 Å². The van der Waals surface area contributed by atoms with Crippen LogP contribution in [-0.2, 0) is 0 Å². The van der Waals surface area contributed by atoms with Crippen LogP contribution in [0.1, 0.15) is 31.9 Å². The molecular formula is C16H27FN2O. The van der Waals surface area contributed by atoms with E-state index >= 15 is 0 Å². The highest BCUT2D eigenvalue weighted by molar-refractivity contribution is 5.21. The zero-order chi connectivity index (χ0) is 15.1. The second kappa shape index (κ2) is 8.35. The van der Waals surface area contributed by atoms with Crippen LogP contribution in [0.2, 0.25) is 0 Å². The van der Waals surface area contributed by atoms with E-state index in [2.05, 4.69) is 17.1 Å². The summed E-state index contributed by atoms with van der Waals surface area (Å²) in [4.78, 5) is 2.18.